The lowest BCUT2D eigenvalue weighted by atomic mass is 9.99. The third-order valence-corrected chi connectivity index (χ3v) is 6.04. The molecule has 12 heteroatoms. The molecule has 1 rings (SSSR count). The molecule has 0 spiro atoms. The number of hydrogen-bond donors (Lipinski definition) is 6. The summed E-state index contributed by atoms with van der Waals surface area (Å²) in [6.45, 7) is 10.6. The van der Waals surface area contributed by atoms with E-state index >= 15 is 0 Å². The monoisotopic (exact) mass is 564 g/mol. The van der Waals surface area contributed by atoms with Crippen LogP contribution in [0.5, 0.6) is 5.75 Å². The van der Waals surface area contributed by atoms with E-state index in [-0.39, 0.29) is 37.0 Å². The van der Waals surface area contributed by atoms with Gasteiger partial charge in [-0.05, 0) is 49.3 Å². The molecule has 0 saturated carbocycles. The van der Waals surface area contributed by atoms with Crippen molar-refractivity contribution in [1.29, 1.82) is 0 Å². The summed E-state index contributed by atoms with van der Waals surface area (Å²) in [5, 5.41) is 29.3. The van der Waals surface area contributed by atoms with Crippen molar-refractivity contribution in [3.63, 3.8) is 0 Å². The number of aliphatic carboxylic acids is 1. The Kier molecular flexibility index (Phi) is 14.5. The van der Waals surface area contributed by atoms with Crippen molar-refractivity contribution in [2.45, 2.75) is 91.4 Å². The number of carbonyl (C=O) groups is 5. The molecule has 0 heterocycles. The Morgan fingerprint density at radius 2 is 1.40 bits per heavy atom. The number of aromatic hydroxyl groups is 1. The molecular weight excluding hydrogens is 520 g/mol. The molecule has 0 aliphatic rings. The number of nitrogens with one attached hydrogen (secondary N) is 4. The molecule has 0 fully saturated rings. The molecule has 0 unspecified atom stereocenters. The number of carboxylic acids is 1. The molecule has 4 atom stereocenters. The highest BCUT2D eigenvalue weighted by Gasteiger charge is 2.32. The van der Waals surface area contributed by atoms with Crippen LogP contribution in [0, 0.1) is 11.8 Å². The molecule has 6 N–H and O–H groups in total. The summed E-state index contributed by atoms with van der Waals surface area (Å²) in [7, 11) is 0. The van der Waals surface area contributed by atoms with Crippen LogP contribution < -0.4 is 21.3 Å². The molecule has 224 valence electrons. The van der Waals surface area contributed by atoms with E-state index in [9.17, 15) is 34.2 Å². The van der Waals surface area contributed by atoms with Gasteiger partial charge in [-0.25, -0.2) is 9.59 Å². The number of unbranched alkanes of at least 4 members (excludes halogenated alkanes) is 1. The average Bonchev–Trinajstić information content (AvgIpc) is 2.86. The van der Waals surface area contributed by atoms with Crippen molar-refractivity contribution in [2.75, 3.05) is 6.61 Å². The Morgan fingerprint density at radius 1 is 0.825 bits per heavy atom. The van der Waals surface area contributed by atoms with Crippen LogP contribution in [0.25, 0.3) is 0 Å². The Morgan fingerprint density at radius 3 is 1.93 bits per heavy atom. The number of phenolic OH excluding ortho intramolecular Hbond substituents is 1. The maximum absolute atomic E-state index is 13.4. The van der Waals surface area contributed by atoms with Crippen LogP contribution in [-0.4, -0.2) is 70.8 Å². The number of benzene rings is 1. The van der Waals surface area contributed by atoms with Gasteiger partial charge in [0, 0.05) is 6.42 Å². The molecule has 0 aliphatic carbocycles. The molecular formula is C28H44N4O8. The van der Waals surface area contributed by atoms with Crippen LogP contribution in [0.4, 0.5) is 4.79 Å². The number of alkyl carbamates (subject to hydrolysis) is 1. The average molecular weight is 565 g/mol. The van der Waals surface area contributed by atoms with E-state index in [2.05, 4.69) is 21.3 Å². The Hall–Kier alpha value is -3.83. The third kappa shape index (κ3) is 12.4. The van der Waals surface area contributed by atoms with E-state index < -0.39 is 54.0 Å². The molecule has 0 saturated heterocycles. The largest absolute Gasteiger partial charge is 0.508 e. The van der Waals surface area contributed by atoms with Gasteiger partial charge in [-0.15, -0.1) is 0 Å². The van der Waals surface area contributed by atoms with E-state index in [4.69, 9.17) is 4.74 Å². The predicted molar refractivity (Wildman–Crippen MR) is 148 cm³/mol. The van der Waals surface area contributed by atoms with Gasteiger partial charge in [0.05, 0.1) is 6.61 Å². The molecule has 0 aromatic heterocycles. The molecule has 0 radical (unpaired) electrons. The Labute approximate surface area is 235 Å². The summed E-state index contributed by atoms with van der Waals surface area (Å²) in [6.07, 6.45) is 0.997. The standard InChI is InChI=1S/C28H44N4O8/c1-7-8-13-40-28(39)29-18(6)24(34)30-22(15-19-9-11-20(33)12-10-19)25(35)31-21(14-16(2)3)26(36)32-23(17(4)5)27(37)38/h9-12,16-18,21-23,33H,7-8,13-15H2,1-6H3,(H,29,39)(H,30,34)(H,31,35)(H,32,36)(H,37,38)/t18-,21-,22-,23-/m0/s1. The number of rotatable bonds is 16. The lowest BCUT2D eigenvalue weighted by Crippen LogP contribution is -2.58. The smallest absolute Gasteiger partial charge is 0.407 e. The summed E-state index contributed by atoms with van der Waals surface area (Å²) in [6, 6.07) is 1.68. The molecule has 40 heavy (non-hydrogen) atoms. The normalized spacial score (nSPS) is 14.0. The van der Waals surface area contributed by atoms with Gasteiger partial charge in [-0.1, -0.05) is 53.2 Å². The van der Waals surface area contributed by atoms with Gasteiger partial charge >= 0.3 is 12.1 Å². The van der Waals surface area contributed by atoms with Crippen molar-refractivity contribution < 1.29 is 38.9 Å². The van der Waals surface area contributed by atoms with Gasteiger partial charge in [0.1, 0.15) is 29.9 Å². The van der Waals surface area contributed by atoms with Gasteiger partial charge in [0.2, 0.25) is 17.7 Å². The first-order chi connectivity index (χ1) is 18.7. The van der Waals surface area contributed by atoms with Crippen LogP contribution in [0.2, 0.25) is 0 Å². The number of carbonyl (C=O) groups excluding carboxylic acids is 4. The number of phenols is 1. The first-order valence-electron chi connectivity index (χ1n) is 13.6. The molecule has 0 bridgehead atoms. The second-order valence-electron chi connectivity index (χ2n) is 10.5. The van der Waals surface area contributed by atoms with Gasteiger partial charge in [0.25, 0.3) is 0 Å². The maximum atomic E-state index is 13.4. The summed E-state index contributed by atoms with van der Waals surface area (Å²) in [4.78, 5) is 63.0. The van der Waals surface area contributed by atoms with E-state index in [1.807, 2.05) is 20.8 Å². The topological polar surface area (TPSA) is 183 Å². The van der Waals surface area contributed by atoms with Crippen LogP contribution in [0.1, 0.15) is 66.4 Å². The van der Waals surface area contributed by atoms with Crippen molar-refractivity contribution >= 4 is 29.8 Å². The lowest BCUT2D eigenvalue weighted by molar-refractivity contribution is -0.143. The van der Waals surface area contributed by atoms with Gasteiger partial charge in [0.15, 0.2) is 0 Å². The Bertz CT molecular complexity index is 997. The molecule has 1 aromatic rings. The predicted octanol–water partition coefficient (Wildman–Crippen LogP) is 2.09. The van der Waals surface area contributed by atoms with Gasteiger partial charge in [-0.3, -0.25) is 14.4 Å². The number of hydrogen-bond acceptors (Lipinski definition) is 7. The summed E-state index contributed by atoms with van der Waals surface area (Å²) < 4.78 is 5.02. The highest BCUT2D eigenvalue weighted by Crippen LogP contribution is 2.13. The minimum atomic E-state index is -1.19. The molecule has 1 aromatic carbocycles. The fourth-order valence-electron chi connectivity index (χ4n) is 3.71. The fraction of sp³-hybridized carbons (Fsp3) is 0.607. The van der Waals surface area contributed by atoms with Crippen molar-refractivity contribution in [3.05, 3.63) is 29.8 Å². The van der Waals surface area contributed by atoms with E-state index in [0.29, 0.717) is 12.0 Å². The zero-order valence-corrected chi connectivity index (χ0v) is 24.2. The summed E-state index contributed by atoms with van der Waals surface area (Å²) in [5.41, 5.74) is 0.619. The fourth-order valence-corrected chi connectivity index (χ4v) is 3.71. The van der Waals surface area contributed by atoms with E-state index in [0.717, 1.165) is 6.42 Å². The van der Waals surface area contributed by atoms with Crippen LogP contribution >= 0.6 is 0 Å². The quantitative estimate of drug-likeness (QED) is 0.165. The first-order valence-corrected chi connectivity index (χ1v) is 13.6. The summed E-state index contributed by atoms with van der Waals surface area (Å²) in [5.74, 6) is -3.54. The second-order valence-corrected chi connectivity index (χ2v) is 10.5. The lowest BCUT2D eigenvalue weighted by Gasteiger charge is -2.27. The second kappa shape index (κ2) is 17.0. The van der Waals surface area contributed by atoms with Crippen molar-refractivity contribution in [3.8, 4) is 5.75 Å². The highest BCUT2D eigenvalue weighted by atomic mass is 16.5. The zero-order valence-electron chi connectivity index (χ0n) is 24.2. The molecule has 0 aliphatic heterocycles. The van der Waals surface area contributed by atoms with Crippen LogP contribution in [0.3, 0.4) is 0 Å². The third-order valence-electron chi connectivity index (χ3n) is 6.04. The van der Waals surface area contributed by atoms with E-state index in [1.54, 1.807) is 26.0 Å². The highest BCUT2D eigenvalue weighted by molar-refractivity contribution is 5.94. The van der Waals surface area contributed by atoms with Crippen molar-refractivity contribution in [2.24, 2.45) is 11.8 Å². The number of amides is 4. The van der Waals surface area contributed by atoms with Crippen LogP contribution in [-0.2, 0) is 30.3 Å². The molecule has 12 nitrogen and oxygen atoms in total. The molecule has 4 amide bonds. The zero-order chi connectivity index (χ0) is 30.4. The number of ether oxygens (including phenoxy) is 1. The van der Waals surface area contributed by atoms with Crippen LogP contribution in [0.15, 0.2) is 24.3 Å². The minimum Gasteiger partial charge on any atom is -0.508 e. The van der Waals surface area contributed by atoms with Crippen molar-refractivity contribution in [1.82, 2.24) is 21.3 Å². The minimum absolute atomic E-state index is 0.0191. The van der Waals surface area contributed by atoms with Gasteiger partial charge < -0.3 is 36.2 Å². The Balaban J connectivity index is 3.11. The van der Waals surface area contributed by atoms with E-state index in [1.165, 1.54) is 19.1 Å². The SMILES string of the molecule is CCCCOC(=O)N[C@@H](C)C(=O)N[C@@H](Cc1ccc(O)cc1)C(=O)N[C@@H](CC(C)C)C(=O)N[C@H](C(=O)O)C(C)C. The van der Waals surface area contributed by atoms with Gasteiger partial charge in [-0.2, -0.15) is 0 Å². The first kappa shape index (κ1) is 34.2. The number of carboxylic acid groups (broad SMARTS) is 1. The maximum Gasteiger partial charge on any atom is 0.407 e. The summed E-state index contributed by atoms with van der Waals surface area (Å²) >= 11 is 0.